The topological polar surface area (TPSA) is 79.6 Å². The lowest BCUT2D eigenvalue weighted by molar-refractivity contribution is 0.341. The van der Waals surface area contributed by atoms with Crippen molar-refractivity contribution in [3.63, 3.8) is 0 Å². The molecule has 146 valence electrons. The van der Waals surface area contributed by atoms with E-state index in [4.69, 9.17) is 4.74 Å². The van der Waals surface area contributed by atoms with Gasteiger partial charge in [-0.2, -0.15) is 5.10 Å². The molecule has 2 aromatic heterocycles. The maximum Gasteiger partial charge on any atom is 0.167 e. The minimum Gasteiger partial charge on any atom is -0.504 e. The van der Waals surface area contributed by atoms with E-state index in [-0.39, 0.29) is 5.75 Å². The van der Waals surface area contributed by atoms with Crippen LogP contribution >= 0.6 is 27.3 Å². The summed E-state index contributed by atoms with van der Waals surface area (Å²) in [5.74, 6) is 1.36. The summed E-state index contributed by atoms with van der Waals surface area (Å²) in [6, 6.07) is 15.4. The highest BCUT2D eigenvalue weighted by molar-refractivity contribution is 9.10. The van der Waals surface area contributed by atoms with E-state index in [2.05, 4.69) is 36.4 Å². The molecule has 4 aromatic rings. The fraction of sp³-hybridized carbons (Fsp3) is 0.0952. The molecular weight excluding hydrogens is 452 g/mol. The molecule has 0 aliphatic carbocycles. The molecule has 2 N–H and O–H groups in total. The summed E-state index contributed by atoms with van der Waals surface area (Å²) in [6.07, 6.45) is 3.11. The highest BCUT2D eigenvalue weighted by Crippen LogP contribution is 2.47. The Morgan fingerprint density at radius 2 is 1.97 bits per heavy atom. The Morgan fingerprint density at radius 3 is 2.76 bits per heavy atom. The van der Waals surface area contributed by atoms with Gasteiger partial charge in [0.1, 0.15) is 22.3 Å². The van der Waals surface area contributed by atoms with E-state index in [1.54, 1.807) is 6.21 Å². The van der Waals surface area contributed by atoms with E-state index in [1.807, 2.05) is 55.5 Å². The van der Waals surface area contributed by atoms with E-state index in [9.17, 15) is 5.11 Å². The van der Waals surface area contributed by atoms with Crippen LogP contribution in [0.2, 0.25) is 0 Å². The van der Waals surface area contributed by atoms with E-state index >= 15 is 0 Å². The molecule has 0 bridgehead atoms. The van der Waals surface area contributed by atoms with E-state index in [0.29, 0.717) is 28.6 Å². The van der Waals surface area contributed by atoms with Gasteiger partial charge in [-0.15, -0.1) is 11.3 Å². The number of hydrazone groups is 1. The number of hydrogen-bond donors (Lipinski definition) is 2. The lowest BCUT2D eigenvalue weighted by Crippen LogP contribution is -1.94. The molecule has 6 nitrogen and oxygen atoms in total. The first kappa shape index (κ1) is 19.4. The molecule has 0 fully saturated rings. The van der Waals surface area contributed by atoms with Gasteiger partial charge in [-0.25, -0.2) is 9.97 Å². The molecule has 4 rings (SSSR count). The van der Waals surface area contributed by atoms with E-state index < -0.39 is 0 Å². The first-order chi connectivity index (χ1) is 14.2. The molecule has 0 saturated heterocycles. The third kappa shape index (κ3) is 4.08. The number of ether oxygens (including phenoxy) is 1. The maximum absolute atomic E-state index is 10.8. The zero-order valence-corrected chi connectivity index (χ0v) is 17.9. The zero-order chi connectivity index (χ0) is 20.2. The SMILES string of the molecule is CCOc1ccccc1-c1sc2c(N/N=C/c3ccc(Br)cc3)ncnc2c1O. The molecule has 0 atom stereocenters. The van der Waals surface area contributed by atoms with Crippen LogP contribution in [0.25, 0.3) is 20.7 Å². The van der Waals surface area contributed by atoms with Crippen LogP contribution in [-0.4, -0.2) is 27.9 Å². The lowest BCUT2D eigenvalue weighted by atomic mass is 10.1. The lowest BCUT2D eigenvalue weighted by Gasteiger charge is -2.08. The quantitative estimate of drug-likeness (QED) is 0.281. The molecule has 2 aromatic carbocycles. The van der Waals surface area contributed by atoms with E-state index in [1.165, 1.54) is 17.7 Å². The van der Waals surface area contributed by atoms with Crippen LogP contribution < -0.4 is 10.2 Å². The molecule has 0 unspecified atom stereocenters. The van der Waals surface area contributed by atoms with Crippen molar-refractivity contribution in [2.75, 3.05) is 12.0 Å². The van der Waals surface area contributed by atoms with Gasteiger partial charge in [0.05, 0.1) is 17.7 Å². The van der Waals surface area contributed by atoms with Gasteiger partial charge in [0.2, 0.25) is 0 Å². The Hall–Kier alpha value is -2.97. The second-order valence-corrected chi connectivity index (χ2v) is 7.97. The number of nitrogens with zero attached hydrogens (tertiary/aromatic N) is 3. The van der Waals surface area contributed by atoms with Crippen LogP contribution in [-0.2, 0) is 0 Å². The van der Waals surface area contributed by atoms with Crippen molar-refractivity contribution in [3.8, 4) is 21.9 Å². The van der Waals surface area contributed by atoms with Gasteiger partial charge >= 0.3 is 0 Å². The summed E-state index contributed by atoms with van der Waals surface area (Å²) in [5.41, 5.74) is 5.21. The molecule has 0 spiro atoms. The molecular formula is C21H17BrN4O2S. The second-order valence-electron chi connectivity index (χ2n) is 6.03. The van der Waals surface area contributed by atoms with Crippen LogP contribution in [0.4, 0.5) is 5.82 Å². The fourth-order valence-corrected chi connectivity index (χ4v) is 4.19. The van der Waals surface area contributed by atoms with Gasteiger partial charge in [0.15, 0.2) is 11.6 Å². The Balaban J connectivity index is 1.69. The average molecular weight is 469 g/mol. The van der Waals surface area contributed by atoms with Crippen LogP contribution in [0, 0.1) is 0 Å². The first-order valence-corrected chi connectivity index (χ1v) is 10.5. The number of nitrogens with one attached hydrogen (secondary N) is 1. The monoisotopic (exact) mass is 468 g/mol. The third-order valence-electron chi connectivity index (χ3n) is 4.13. The minimum atomic E-state index is 0.111. The number of hydrogen-bond acceptors (Lipinski definition) is 7. The molecule has 0 aliphatic rings. The highest BCUT2D eigenvalue weighted by Gasteiger charge is 2.19. The predicted molar refractivity (Wildman–Crippen MR) is 121 cm³/mol. The van der Waals surface area contributed by atoms with Gasteiger partial charge in [0, 0.05) is 10.0 Å². The Labute approximate surface area is 180 Å². The van der Waals surface area contributed by atoms with Crippen molar-refractivity contribution in [2.24, 2.45) is 5.10 Å². The summed E-state index contributed by atoms with van der Waals surface area (Å²) in [7, 11) is 0. The fourth-order valence-electron chi connectivity index (χ4n) is 2.81. The molecule has 0 amide bonds. The summed E-state index contributed by atoms with van der Waals surface area (Å²) in [5, 5.41) is 15.1. The average Bonchev–Trinajstić information content (AvgIpc) is 3.08. The van der Waals surface area contributed by atoms with Crippen molar-refractivity contribution < 1.29 is 9.84 Å². The number of anilines is 1. The summed E-state index contributed by atoms with van der Waals surface area (Å²) >= 11 is 4.81. The number of aromatic nitrogens is 2. The van der Waals surface area contributed by atoms with Crippen LogP contribution in [0.1, 0.15) is 12.5 Å². The third-order valence-corrected chi connectivity index (χ3v) is 5.87. The van der Waals surface area contributed by atoms with Crippen molar-refractivity contribution >= 4 is 49.5 Å². The van der Waals surface area contributed by atoms with Crippen LogP contribution in [0.3, 0.4) is 0 Å². The summed E-state index contributed by atoms with van der Waals surface area (Å²) in [4.78, 5) is 9.22. The van der Waals surface area contributed by atoms with E-state index in [0.717, 1.165) is 20.3 Å². The largest absolute Gasteiger partial charge is 0.504 e. The predicted octanol–water partition coefficient (Wildman–Crippen LogP) is 5.67. The number of thiophene rings is 1. The van der Waals surface area contributed by atoms with Gasteiger partial charge in [-0.05, 0) is 36.8 Å². The van der Waals surface area contributed by atoms with Crippen LogP contribution in [0.15, 0.2) is 64.4 Å². The molecule has 0 radical (unpaired) electrons. The summed E-state index contributed by atoms with van der Waals surface area (Å²) in [6.45, 7) is 2.47. The number of fused-ring (bicyclic) bond motifs is 1. The number of rotatable bonds is 6. The standard InChI is InChI=1S/C21H17BrN4O2S/c1-2-28-16-6-4-3-5-15(16)19-18(27)17-20(29-19)21(24-12-23-17)26-25-11-13-7-9-14(22)10-8-13/h3-12,27H,2H2,1H3,(H,23,24,26)/b25-11+. The number of halogens is 1. The molecule has 2 heterocycles. The molecule has 8 heteroatoms. The van der Waals surface area contributed by atoms with Gasteiger partial charge in [-0.1, -0.05) is 40.2 Å². The Bertz CT molecular complexity index is 1180. The number of aromatic hydroxyl groups is 1. The van der Waals surface area contributed by atoms with Crippen molar-refractivity contribution in [3.05, 3.63) is 64.9 Å². The molecule has 0 aliphatic heterocycles. The Morgan fingerprint density at radius 1 is 1.17 bits per heavy atom. The molecule has 0 saturated carbocycles. The minimum absolute atomic E-state index is 0.111. The highest BCUT2D eigenvalue weighted by atomic mass is 79.9. The van der Waals surface area contributed by atoms with Gasteiger partial charge < -0.3 is 9.84 Å². The van der Waals surface area contributed by atoms with Gasteiger partial charge in [-0.3, -0.25) is 5.43 Å². The van der Waals surface area contributed by atoms with Crippen molar-refractivity contribution in [1.29, 1.82) is 0 Å². The van der Waals surface area contributed by atoms with Crippen LogP contribution in [0.5, 0.6) is 11.5 Å². The number of benzene rings is 2. The second kappa shape index (κ2) is 8.59. The van der Waals surface area contributed by atoms with Crippen molar-refractivity contribution in [1.82, 2.24) is 9.97 Å². The molecule has 29 heavy (non-hydrogen) atoms. The van der Waals surface area contributed by atoms with Gasteiger partial charge in [0.25, 0.3) is 0 Å². The first-order valence-electron chi connectivity index (χ1n) is 8.90. The number of para-hydroxylation sites is 1. The van der Waals surface area contributed by atoms with Crippen molar-refractivity contribution in [2.45, 2.75) is 6.92 Å². The summed E-state index contributed by atoms with van der Waals surface area (Å²) < 4.78 is 7.44. The Kier molecular flexibility index (Phi) is 5.73. The smallest absolute Gasteiger partial charge is 0.167 e. The normalized spacial score (nSPS) is 11.2. The maximum atomic E-state index is 10.8. The zero-order valence-electron chi connectivity index (χ0n) is 15.5.